The van der Waals surface area contributed by atoms with Crippen molar-refractivity contribution in [1.82, 2.24) is 5.43 Å². The van der Waals surface area contributed by atoms with Gasteiger partial charge in [0.25, 0.3) is 11.6 Å². The second-order valence-electron chi connectivity index (χ2n) is 6.27. The number of nitrogens with zero attached hydrogens (tertiary/aromatic N) is 2. The Morgan fingerprint density at radius 2 is 1.78 bits per heavy atom. The van der Waals surface area contributed by atoms with Crippen LogP contribution in [0.5, 0.6) is 11.5 Å². The van der Waals surface area contributed by atoms with Crippen molar-refractivity contribution in [2.24, 2.45) is 5.10 Å². The summed E-state index contributed by atoms with van der Waals surface area (Å²) in [6, 6.07) is 17.3. The van der Waals surface area contributed by atoms with Crippen molar-refractivity contribution in [2.75, 3.05) is 7.11 Å². The Balaban J connectivity index is 1.72. The summed E-state index contributed by atoms with van der Waals surface area (Å²) in [4.78, 5) is 22.3. The normalized spacial score (nSPS) is 11.2. The second-order valence-corrected chi connectivity index (χ2v) is 7.81. The van der Waals surface area contributed by atoms with Crippen LogP contribution in [0.2, 0.25) is 0 Å². The van der Waals surface area contributed by atoms with E-state index in [9.17, 15) is 23.3 Å². The van der Waals surface area contributed by atoms with Gasteiger partial charge in [0.2, 0.25) is 0 Å². The lowest BCUT2D eigenvalue weighted by atomic mass is 10.2. The van der Waals surface area contributed by atoms with E-state index >= 15 is 0 Å². The van der Waals surface area contributed by atoms with E-state index in [1.54, 1.807) is 18.2 Å². The molecule has 0 atom stereocenters. The number of hydrazone groups is 1. The number of hydrogen-bond donors (Lipinski definition) is 1. The first-order chi connectivity index (χ1) is 15.3. The van der Waals surface area contributed by atoms with Gasteiger partial charge in [-0.25, -0.2) is 5.43 Å². The maximum atomic E-state index is 12.4. The molecular weight excluding hydrogens is 438 g/mol. The number of ether oxygens (including phenoxy) is 1. The number of nitrogens with one attached hydrogen (secondary N) is 1. The van der Waals surface area contributed by atoms with Gasteiger partial charge in [-0.15, -0.1) is 0 Å². The van der Waals surface area contributed by atoms with Crippen molar-refractivity contribution in [3.05, 3.63) is 94.0 Å². The monoisotopic (exact) mass is 455 g/mol. The molecule has 0 aliphatic heterocycles. The van der Waals surface area contributed by atoms with Crippen molar-refractivity contribution in [3.63, 3.8) is 0 Å². The van der Waals surface area contributed by atoms with Gasteiger partial charge >= 0.3 is 10.1 Å². The smallest absolute Gasteiger partial charge is 0.339 e. The molecule has 1 N–H and O–H groups in total. The van der Waals surface area contributed by atoms with Gasteiger partial charge in [0.15, 0.2) is 11.5 Å². The van der Waals surface area contributed by atoms with E-state index < -0.39 is 20.9 Å². The molecule has 0 aliphatic carbocycles. The van der Waals surface area contributed by atoms with Crippen LogP contribution in [0.1, 0.15) is 15.9 Å². The van der Waals surface area contributed by atoms with Gasteiger partial charge in [0, 0.05) is 17.7 Å². The lowest BCUT2D eigenvalue weighted by Gasteiger charge is -2.11. The highest BCUT2D eigenvalue weighted by Crippen LogP contribution is 2.30. The second kappa shape index (κ2) is 9.71. The number of rotatable bonds is 8. The largest absolute Gasteiger partial charge is 0.493 e. The maximum absolute atomic E-state index is 12.4. The number of amides is 1. The van der Waals surface area contributed by atoms with Gasteiger partial charge in [-0.1, -0.05) is 24.3 Å². The number of nitro groups is 1. The molecule has 0 saturated heterocycles. The van der Waals surface area contributed by atoms with E-state index in [0.717, 1.165) is 6.07 Å². The molecule has 3 rings (SSSR count). The van der Waals surface area contributed by atoms with Crippen LogP contribution in [0, 0.1) is 10.1 Å². The van der Waals surface area contributed by atoms with Crippen molar-refractivity contribution in [2.45, 2.75) is 4.90 Å². The minimum Gasteiger partial charge on any atom is -0.493 e. The summed E-state index contributed by atoms with van der Waals surface area (Å²) in [5.41, 5.74) is 2.60. The van der Waals surface area contributed by atoms with Gasteiger partial charge in [-0.05, 0) is 42.0 Å². The average molecular weight is 455 g/mol. The van der Waals surface area contributed by atoms with Gasteiger partial charge < -0.3 is 8.92 Å². The van der Waals surface area contributed by atoms with E-state index in [0.29, 0.717) is 5.56 Å². The number of non-ortho nitro benzene ring substituents is 1. The third-order valence-corrected chi connectivity index (χ3v) is 5.37. The van der Waals surface area contributed by atoms with Gasteiger partial charge in [-0.2, -0.15) is 13.5 Å². The minimum atomic E-state index is -4.05. The van der Waals surface area contributed by atoms with Crippen LogP contribution in [0.4, 0.5) is 5.69 Å². The Morgan fingerprint density at radius 1 is 1.03 bits per heavy atom. The number of hydrogen-bond acceptors (Lipinski definition) is 8. The summed E-state index contributed by atoms with van der Waals surface area (Å²) < 4.78 is 35.2. The zero-order valence-corrected chi connectivity index (χ0v) is 17.5. The molecule has 32 heavy (non-hydrogen) atoms. The number of benzene rings is 3. The van der Waals surface area contributed by atoms with Crippen molar-refractivity contribution in [3.8, 4) is 11.5 Å². The van der Waals surface area contributed by atoms with E-state index in [1.165, 1.54) is 61.9 Å². The van der Waals surface area contributed by atoms with Crippen LogP contribution in [0.15, 0.2) is 82.8 Å². The Morgan fingerprint density at radius 3 is 2.47 bits per heavy atom. The lowest BCUT2D eigenvalue weighted by Crippen LogP contribution is -2.17. The molecule has 0 fully saturated rings. The molecule has 0 saturated carbocycles. The summed E-state index contributed by atoms with van der Waals surface area (Å²) in [6.45, 7) is 0. The highest BCUT2D eigenvalue weighted by molar-refractivity contribution is 7.87. The van der Waals surface area contributed by atoms with E-state index in [4.69, 9.17) is 8.92 Å². The zero-order chi connectivity index (χ0) is 23.1. The minimum absolute atomic E-state index is 0.00319. The molecule has 1 amide bonds. The molecule has 164 valence electrons. The third kappa shape index (κ3) is 5.46. The molecule has 3 aromatic rings. The van der Waals surface area contributed by atoms with Crippen molar-refractivity contribution in [1.29, 1.82) is 0 Å². The van der Waals surface area contributed by atoms with Crippen LogP contribution in [0.25, 0.3) is 0 Å². The van der Waals surface area contributed by atoms with Gasteiger partial charge in [-0.3, -0.25) is 14.9 Å². The predicted octanol–water partition coefficient (Wildman–Crippen LogP) is 3.14. The predicted molar refractivity (Wildman–Crippen MR) is 115 cm³/mol. The highest BCUT2D eigenvalue weighted by Gasteiger charge is 2.19. The molecule has 0 heterocycles. The molecule has 11 heteroatoms. The SMILES string of the molecule is COc1cc(/C=N\NC(=O)c2cccc([N+](=O)[O-])c2)ccc1OS(=O)(=O)c1ccccc1. The third-order valence-electron chi connectivity index (χ3n) is 4.12. The molecule has 0 spiro atoms. The summed E-state index contributed by atoms with van der Waals surface area (Å²) in [7, 11) is -2.70. The molecule has 0 bridgehead atoms. The Labute approximate surface area is 183 Å². The van der Waals surface area contributed by atoms with Gasteiger partial charge in [0.1, 0.15) is 4.90 Å². The number of carbonyl (C=O) groups excluding carboxylic acids is 1. The first-order valence-electron chi connectivity index (χ1n) is 9.05. The summed E-state index contributed by atoms with van der Waals surface area (Å²) >= 11 is 0. The van der Waals surface area contributed by atoms with Crippen LogP contribution >= 0.6 is 0 Å². The number of carbonyl (C=O) groups is 1. The average Bonchev–Trinajstić information content (AvgIpc) is 2.80. The lowest BCUT2D eigenvalue weighted by molar-refractivity contribution is -0.384. The topological polar surface area (TPSA) is 137 Å². The molecule has 3 aromatic carbocycles. The Bertz CT molecular complexity index is 1280. The number of methoxy groups -OCH3 is 1. The maximum Gasteiger partial charge on any atom is 0.339 e. The Hall–Kier alpha value is -4.25. The molecule has 10 nitrogen and oxygen atoms in total. The van der Waals surface area contributed by atoms with Crippen LogP contribution in [0.3, 0.4) is 0 Å². The summed E-state index contributed by atoms with van der Waals surface area (Å²) in [6.07, 6.45) is 1.30. The molecule has 0 radical (unpaired) electrons. The van der Waals surface area contributed by atoms with Crippen LogP contribution in [-0.4, -0.2) is 32.6 Å². The standard InChI is InChI=1S/C21H17N3O7S/c1-30-20-12-15(10-11-19(20)31-32(28,29)18-8-3-2-4-9-18)14-22-23-21(25)16-6-5-7-17(13-16)24(26)27/h2-14H,1H3,(H,23,25)/b22-14-. The summed E-state index contributed by atoms with van der Waals surface area (Å²) in [5.74, 6) is -0.515. The van der Waals surface area contributed by atoms with Crippen LogP contribution in [-0.2, 0) is 10.1 Å². The fraction of sp³-hybridized carbons (Fsp3) is 0.0476. The van der Waals surface area contributed by atoms with Crippen LogP contribution < -0.4 is 14.3 Å². The molecule has 0 aliphatic rings. The first-order valence-corrected chi connectivity index (χ1v) is 10.5. The molecule has 0 aromatic heterocycles. The number of nitro benzene ring substituents is 1. The van der Waals surface area contributed by atoms with Crippen molar-refractivity contribution < 1.29 is 27.1 Å². The fourth-order valence-corrected chi connectivity index (χ4v) is 3.54. The van der Waals surface area contributed by atoms with Crippen molar-refractivity contribution >= 4 is 27.9 Å². The molecule has 0 unspecified atom stereocenters. The Kier molecular flexibility index (Phi) is 6.80. The first kappa shape index (κ1) is 22.4. The molecular formula is C21H17N3O7S. The fourth-order valence-electron chi connectivity index (χ4n) is 2.58. The van der Waals surface area contributed by atoms with E-state index in [-0.39, 0.29) is 27.6 Å². The summed E-state index contributed by atoms with van der Waals surface area (Å²) in [5, 5.41) is 14.6. The highest BCUT2D eigenvalue weighted by atomic mass is 32.2. The quantitative estimate of drug-likeness (QED) is 0.238. The zero-order valence-electron chi connectivity index (χ0n) is 16.7. The van der Waals surface area contributed by atoms with Gasteiger partial charge in [0.05, 0.1) is 18.2 Å². The van der Waals surface area contributed by atoms with E-state index in [2.05, 4.69) is 10.5 Å². The van der Waals surface area contributed by atoms with E-state index in [1.807, 2.05) is 0 Å².